The highest BCUT2D eigenvalue weighted by molar-refractivity contribution is 8.00. The molecular formula is C10H4Cl2F8O2S2. The van der Waals surface area contributed by atoms with Crippen LogP contribution >= 0.6 is 35.0 Å². The van der Waals surface area contributed by atoms with E-state index in [4.69, 9.17) is 27.8 Å². The molecular weight excluding hydrogens is 439 g/mol. The molecule has 1 unspecified atom stereocenters. The van der Waals surface area contributed by atoms with Gasteiger partial charge >= 0.3 is 22.4 Å². The van der Waals surface area contributed by atoms with E-state index in [1.165, 1.54) is 0 Å². The van der Waals surface area contributed by atoms with Crippen molar-refractivity contribution in [3.8, 4) is 0 Å². The van der Waals surface area contributed by atoms with Gasteiger partial charge in [0.1, 0.15) is 0 Å². The van der Waals surface area contributed by atoms with Gasteiger partial charge < -0.3 is 4.55 Å². The summed E-state index contributed by atoms with van der Waals surface area (Å²) in [5.74, 6) is -13.6. The average Bonchev–Trinajstić information content (AvgIpc) is 2.42. The highest BCUT2D eigenvalue weighted by Crippen LogP contribution is 2.59. The molecule has 24 heavy (non-hydrogen) atoms. The van der Waals surface area contributed by atoms with Crippen molar-refractivity contribution in [3.63, 3.8) is 0 Å². The molecule has 1 rings (SSSR count). The van der Waals surface area contributed by atoms with Crippen molar-refractivity contribution >= 4 is 46.0 Å². The molecule has 0 saturated heterocycles. The number of benzene rings is 1. The standard InChI is InChI=1S/C10H4Cl2F8O2S2/c11-4-2-1-3-5(12)6(4)23-9(17,18)7(13,14)8(15,16)10(19,20)24(21)22/h1-3H,(H,21,22). The topological polar surface area (TPSA) is 37.3 Å². The monoisotopic (exact) mass is 442 g/mol. The summed E-state index contributed by atoms with van der Waals surface area (Å²) in [4.78, 5) is -0.963. The summed E-state index contributed by atoms with van der Waals surface area (Å²) in [7, 11) is 0. The largest absolute Gasteiger partial charge is 0.413 e. The van der Waals surface area contributed by atoms with Crippen LogP contribution in [-0.2, 0) is 11.1 Å². The fourth-order valence-electron chi connectivity index (χ4n) is 1.25. The minimum absolute atomic E-state index is 0.621. The van der Waals surface area contributed by atoms with E-state index in [-0.39, 0.29) is 0 Å². The predicted octanol–water partition coefficient (Wildman–Crippen LogP) is 5.76. The van der Waals surface area contributed by atoms with Gasteiger partial charge in [-0.15, -0.1) is 0 Å². The van der Waals surface area contributed by atoms with Gasteiger partial charge in [0.25, 0.3) is 0 Å². The molecule has 138 valence electrons. The molecule has 1 aromatic rings. The lowest BCUT2D eigenvalue weighted by atomic mass is 10.2. The lowest BCUT2D eigenvalue weighted by Crippen LogP contribution is -2.62. The predicted molar refractivity (Wildman–Crippen MR) is 72.9 cm³/mol. The number of hydrogen-bond acceptors (Lipinski definition) is 2. The van der Waals surface area contributed by atoms with Gasteiger partial charge in [-0.1, -0.05) is 29.3 Å². The van der Waals surface area contributed by atoms with Crippen molar-refractivity contribution in [2.24, 2.45) is 0 Å². The SMILES string of the molecule is O=S(O)C(F)(F)C(F)(F)C(F)(F)C(F)(F)Sc1c(Cl)cccc1Cl. The van der Waals surface area contributed by atoms with E-state index in [1.54, 1.807) is 0 Å². The Labute approximate surface area is 145 Å². The second-order valence-electron chi connectivity index (χ2n) is 4.08. The Balaban J connectivity index is 3.36. The third-order valence-corrected chi connectivity index (χ3v) is 5.20. The van der Waals surface area contributed by atoms with Crippen molar-refractivity contribution < 1.29 is 43.9 Å². The Bertz CT molecular complexity index is 635. The zero-order chi connectivity index (χ0) is 19.1. The van der Waals surface area contributed by atoms with Gasteiger partial charge in [-0.2, -0.15) is 35.1 Å². The van der Waals surface area contributed by atoms with E-state index < -0.39 is 60.1 Å². The van der Waals surface area contributed by atoms with Crippen molar-refractivity contribution in [3.05, 3.63) is 28.2 Å². The first-order valence-electron chi connectivity index (χ1n) is 5.35. The van der Waals surface area contributed by atoms with Crippen molar-refractivity contribution in [2.45, 2.75) is 27.2 Å². The summed E-state index contributed by atoms with van der Waals surface area (Å²) < 4.78 is 125. The Morgan fingerprint density at radius 3 is 1.71 bits per heavy atom. The summed E-state index contributed by atoms with van der Waals surface area (Å²) in [6.45, 7) is 0. The molecule has 1 aromatic carbocycles. The molecule has 0 spiro atoms. The number of halogens is 10. The van der Waals surface area contributed by atoms with Crippen LogP contribution in [0.25, 0.3) is 0 Å². The van der Waals surface area contributed by atoms with E-state index in [0.29, 0.717) is 0 Å². The van der Waals surface area contributed by atoms with Crippen LogP contribution in [0.5, 0.6) is 0 Å². The number of hydrogen-bond donors (Lipinski definition) is 1. The molecule has 14 heteroatoms. The molecule has 1 atom stereocenters. The lowest BCUT2D eigenvalue weighted by molar-refractivity contribution is -0.324. The third-order valence-electron chi connectivity index (χ3n) is 2.49. The Hall–Kier alpha value is -0.300. The van der Waals surface area contributed by atoms with E-state index in [1.807, 2.05) is 0 Å². The second kappa shape index (κ2) is 6.78. The first-order valence-corrected chi connectivity index (χ1v) is 8.02. The van der Waals surface area contributed by atoms with E-state index in [2.05, 4.69) is 0 Å². The van der Waals surface area contributed by atoms with E-state index in [9.17, 15) is 39.3 Å². The van der Waals surface area contributed by atoms with Crippen LogP contribution in [0.2, 0.25) is 10.0 Å². The van der Waals surface area contributed by atoms with Crippen LogP contribution in [0, 0.1) is 0 Å². The molecule has 1 N–H and O–H groups in total. The van der Waals surface area contributed by atoms with Gasteiger partial charge in [-0.3, -0.25) is 0 Å². The van der Waals surface area contributed by atoms with Crippen LogP contribution in [0.1, 0.15) is 0 Å². The number of thioether (sulfide) groups is 1. The van der Waals surface area contributed by atoms with Crippen LogP contribution in [0.15, 0.2) is 23.1 Å². The lowest BCUT2D eigenvalue weighted by Gasteiger charge is -2.34. The van der Waals surface area contributed by atoms with Crippen LogP contribution in [-0.4, -0.2) is 31.1 Å². The first-order chi connectivity index (χ1) is 10.6. The smallest absolute Gasteiger partial charge is 0.301 e. The molecule has 0 heterocycles. The zero-order valence-corrected chi connectivity index (χ0v) is 13.8. The molecule has 0 amide bonds. The summed E-state index contributed by atoms with van der Waals surface area (Å²) in [6.07, 6.45) is 0. The molecule has 0 radical (unpaired) electrons. The quantitative estimate of drug-likeness (QED) is 0.345. The maximum atomic E-state index is 13.6. The van der Waals surface area contributed by atoms with E-state index in [0.717, 1.165) is 18.2 Å². The highest BCUT2D eigenvalue weighted by atomic mass is 35.5. The Morgan fingerprint density at radius 2 is 1.33 bits per heavy atom. The van der Waals surface area contributed by atoms with Crippen LogP contribution in [0.3, 0.4) is 0 Å². The normalized spacial score (nSPS) is 15.5. The molecule has 0 aliphatic rings. The maximum Gasteiger partial charge on any atom is 0.413 e. The molecule has 0 bridgehead atoms. The third kappa shape index (κ3) is 3.48. The minimum Gasteiger partial charge on any atom is -0.301 e. The summed E-state index contributed by atoms with van der Waals surface area (Å²) in [5.41, 5.74) is 0. The highest BCUT2D eigenvalue weighted by Gasteiger charge is 2.83. The fraction of sp³-hybridized carbons (Fsp3) is 0.400. The van der Waals surface area contributed by atoms with Crippen LogP contribution in [0.4, 0.5) is 35.1 Å². The first kappa shape index (κ1) is 21.7. The van der Waals surface area contributed by atoms with Crippen LogP contribution < -0.4 is 0 Å². The maximum absolute atomic E-state index is 13.6. The van der Waals surface area contributed by atoms with Gasteiger partial charge in [-0.05, 0) is 23.9 Å². The zero-order valence-electron chi connectivity index (χ0n) is 10.7. The molecule has 0 fully saturated rings. The molecule has 0 saturated carbocycles. The number of alkyl halides is 8. The van der Waals surface area contributed by atoms with Crippen molar-refractivity contribution in [1.82, 2.24) is 0 Å². The average molecular weight is 443 g/mol. The molecule has 0 aromatic heterocycles. The molecule has 2 nitrogen and oxygen atoms in total. The van der Waals surface area contributed by atoms with Gasteiger partial charge in [0.05, 0.1) is 14.9 Å². The van der Waals surface area contributed by atoms with Crippen molar-refractivity contribution in [1.29, 1.82) is 0 Å². The molecule has 0 aliphatic heterocycles. The summed E-state index contributed by atoms with van der Waals surface area (Å²) >= 11 is 4.74. The van der Waals surface area contributed by atoms with E-state index >= 15 is 0 Å². The Kier molecular flexibility index (Phi) is 6.14. The molecule has 0 aliphatic carbocycles. The summed E-state index contributed by atoms with van der Waals surface area (Å²) in [5, 5.41) is -13.4. The van der Waals surface area contributed by atoms with Gasteiger partial charge in [0.2, 0.25) is 11.1 Å². The summed E-state index contributed by atoms with van der Waals surface area (Å²) in [6, 6.07) is 2.96. The Morgan fingerprint density at radius 1 is 0.917 bits per heavy atom. The van der Waals surface area contributed by atoms with Gasteiger partial charge in [0.15, 0.2) is 0 Å². The van der Waals surface area contributed by atoms with Gasteiger partial charge in [-0.25, -0.2) is 4.21 Å². The fourth-order valence-corrected chi connectivity index (χ4v) is 3.07. The number of rotatable bonds is 6. The second-order valence-corrected chi connectivity index (χ2v) is 7.03. The minimum atomic E-state index is -6.86. The van der Waals surface area contributed by atoms with Crippen molar-refractivity contribution in [2.75, 3.05) is 0 Å². The van der Waals surface area contributed by atoms with Gasteiger partial charge in [0, 0.05) is 0 Å².